The lowest BCUT2D eigenvalue weighted by molar-refractivity contribution is -0.137. The minimum absolute atomic E-state index is 0.0541. The number of fused-ring (bicyclic) bond motifs is 1. The third kappa shape index (κ3) is 2.87. The monoisotopic (exact) mass is 352 g/mol. The fourth-order valence-electron chi connectivity index (χ4n) is 2.63. The van der Waals surface area contributed by atoms with Crippen molar-refractivity contribution in [2.75, 3.05) is 13.6 Å². The third-order valence-corrected chi connectivity index (χ3v) is 4.25. The van der Waals surface area contributed by atoms with Crippen molar-refractivity contribution < 1.29 is 19.1 Å². The van der Waals surface area contributed by atoms with Gasteiger partial charge in [-0.2, -0.15) is 0 Å². The maximum absolute atomic E-state index is 13.8. The molecule has 126 valence electrons. The number of aromatic nitrogens is 1. The van der Waals surface area contributed by atoms with Crippen LogP contribution in [0.3, 0.4) is 0 Å². The van der Waals surface area contributed by atoms with Gasteiger partial charge in [-0.15, -0.1) is 0 Å². The predicted molar refractivity (Wildman–Crippen MR) is 86.0 cm³/mol. The Morgan fingerprint density at radius 1 is 1.42 bits per heavy atom. The normalized spacial score (nSPS) is 14.0. The predicted octanol–water partition coefficient (Wildman–Crippen LogP) is 2.29. The van der Waals surface area contributed by atoms with E-state index >= 15 is 0 Å². The van der Waals surface area contributed by atoms with Gasteiger partial charge in [0.25, 0.3) is 5.91 Å². The Morgan fingerprint density at radius 3 is 2.67 bits per heavy atom. The minimum Gasteiger partial charge on any atom is -0.480 e. The molecule has 0 aliphatic heterocycles. The number of amides is 1. The number of hydrogen-bond donors (Lipinski definition) is 1. The molecule has 1 aliphatic carbocycles. The van der Waals surface area contributed by atoms with Crippen LogP contribution in [0.25, 0.3) is 10.9 Å². The van der Waals surface area contributed by atoms with Crippen LogP contribution in [-0.4, -0.2) is 40.0 Å². The molecule has 0 radical (unpaired) electrons. The molecule has 6 nitrogen and oxygen atoms in total. The molecule has 1 aliphatic rings. The first-order valence-corrected chi connectivity index (χ1v) is 7.68. The Labute approximate surface area is 141 Å². The highest BCUT2D eigenvalue weighted by Gasteiger charge is 2.28. The summed E-state index contributed by atoms with van der Waals surface area (Å²) < 4.78 is 15.5. The summed E-state index contributed by atoms with van der Waals surface area (Å²) >= 11 is 5.82. The highest BCUT2D eigenvalue weighted by atomic mass is 35.5. The SMILES string of the molecule is CN(CC(=O)O)C(=O)c1cn(C2CC2)c2cc(Cl)c(F)cc2c1=O. The van der Waals surface area contributed by atoms with Gasteiger partial charge < -0.3 is 14.6 Å². The zero-order valence-corrected chi connectivity index (χ0v) is 13.5. The lowest BCUT2D eigenvalue weighted by Gasteiger charge is -2.17. The first kappa shape index (κ1) is 16.4. The van der Waals surface area contributed by atoms with Crippen molar-refractivity contribution in [2.24, 2.45) is 0 Å². The number of rotatable bonds is 4. The van der Waals surface area contributed by atoms with Crippen molar-refractivity contribution in [1.82, 2.24) is 9.47 Å². The average molecular weight is 353 g/mol. The van der Waals surface area contributed by atoms with Crippen molar-refractivity contribution in [3.63, 3.8) is 0 Å². The van der Waals surface area contributed by atoms with Crippen LogP contribution < -0.4 is 5.43 Å². The van der Waals surface area contributed by atoms with Crippen molar-refractivity contribution in [3.8, 4) is 0 Å². The average Bonchev–Trinajstić information content (AvgIpc) is 3.33. The summed E-state index contributed by atoms with van der Waals surface area (Å²) in [6.45, 7) is -0.533. The van der Waals surface area contributed by atoms with Crippen LogP contribution in [0, 0.1) is 5.82 Å². The van der Waals surface area contributed by atoms with E-state index in [9.17, 15) is 18.8 Å². The lowest BCUT2D eigenvalue weighted by atomic mass is 10.1. The molecule has 0 bridgehead atoms. The summed E-state index contributed by atoms with van der Waals surface area (Å²) in [6.07, 6.45) is 3.17. The second kappa shape index (κ2) is 5.90. The summed E-state index contributed by atoms with van der Waals surface area (Å²) in [5, 5.41) is 8.75. The number of hydrogen-bond acceptors (Lipinski definition) is 3. The molecule has 0 unspecified atom stereocenters. The molecule has 1 fully saturated rings. The van der Waals surface area contributed by atoms with Gasteiger partial charge >= 0.3 is 5.97 Å². The maximum atomic E-state index is 13.8. The quantitative estimate of drug-likeness (QED) is 0.915. The van der Waals surface area contributed by atoms with Gasteiger partial charge in [0.1, 0.15) is 17.9 Å². The number of likely N-dealkylation sites (N-methyl/N-ethyl adjacent to an activating group) is 1. The molecule has 1 N–H and O–H groups in total. The number of pyridine rings is 1. The van der Waals surface area contributed by atoms with Crippen LogP contribution >= 0.6 is 11.6 Å². The van der Waals surface area contributed by atoms with Gasteiger partial charge in [-0.3, -0.25) is 14.4 Å². The largest absolute Gasteiger partial charge is 0.480 e. The topological polar surface area (TPSA) is 79.6 Å². The lowest BCUT2D eigenvalue weighted by Crippen LogP contribution is -2.35. The number of carbonyl (C=O) groups excluding carboxylic acids is 1. The molecule has 1 aromatic heterocycles. The van der Waals surface area contributed by atoms with Gasteiger partial charge in [0.2, 0.25) is 5.43 Å². The molecule has 2 aromatic rings. The number of aliphatic carboxylic acids is 1. The fraction of sp³-hybridized carbons (Fsp3) is 0.312. The summed E-state index contributed by atoms with van der Waals surface area (Å²) in [6, 6.07) is 2.51. The summed E-state index contributed by atoms with van der Waals surface area (Å²) in [5.74, 6) is -2.65. The van der Waals surface area contributed by atoms with Gasteiger partial charge in [-0.25, -0.2) is 4.39 Å². The second-order valence-corrected chi connectivity index (χ2v) is 6.26. The molecule has 0 atom stereocenters. The molecular weight excluding hydrogens is 339 g/mol. The summed E-state index contributed by atoms with van der Waals surface area (Å²) in [4.78, 5) is 36.7. The zero-order valence-electron chi connectivity index (χ0n) is 12.8. The second-order valence-electron chi connectivity index (χ2n) is 5.85. The summed E-state index contributed by atoms with van der Waals surface area (Å²) in [5.41, 5.74) is -0.356. The molecule has 0 saturated heterocycles. The smallest absolute Gasteiger partial charge is 0.323 e. The van der Waals surface area contributed by atoms with E-state index in [2.05, 4.69) is 0 Å². The van der Waals surface area contributed by atoms with E-state index in [0.717, 1.165) is 23.8 Å². The molecule has 1 amide bonds. The van der Waals surface area contributed by atoms with E-state index in [1.807, 2.05) is 0 Å². The number of carboxylic acids is 1. The van der Waals surface area contributed by atoms with Gasteiger partial charge in [-0.05, 0) is 25.0 Å². The Morgan fingerprint density at radius 2 is 2.08 bits per heavy atom. The zero-order chi connectivity index (χ0) is 17.6. The highest BCUT2D eigenvalue weighted by molar-refractivity contribution is 6.31. The molecule has 8 heteroatoms. The van der Waals surface area contributed by atoms with Gasteiger partial charge in [0.05, 0.1) is 10.5 Å². The molecule has 24 heavy (non-hydrogen) atoms. The Balaban J connectivity index is 2.20. The number of carbonyl (C=O) groups is 2. The first-order chi connectivity index (χ1) is 11.3. The van der Waals surface area contributed by atoms with Crippen molar-refractivity contribution in [3.05, 3.63) is 45.0 Å². The van der Waals surface area contributed by atoms with Crippen molar-refractivity contribution in [1.29, 1.82) is 0 Å². The molecule has 1 aromatic carbocycles. The van der Waals surface area contributed by atoms with Crippen molar-refractivity contribution in [2.45, 2.75) is 18.9 Å². The van der Waals surface area contributed by atoms with Gasteiger partial charge in [0.15, 0.2) is 0 Å². The van der Waals surface area contributed by atoms with Crippen LogP contribution in [0.4, 0.5) is 4.39 Å². The minimum atomic E-state index is -1.19. The van der Waals surface area contributed by atoms with Crippen LogP contribution in [-0.2, 0) is 4.79 Å². The van der Waals surface area contributed by atoms with Crippen LogP contribution in [0.5, 0.6) is 0 Å². The molecule has 0 spiro atoms. The van der Waals surface area contributed by atoms with Crippen LogP contribution in [0.2, 0.25) is 5.02 Å². The molecule has 1 saturated carbocycles. The van der Waals surface area contributed by atoms with E-state index in [1.165, 1.54) is 19.3 Å². The van der Waals surface area contributed by atoms with E-state index in [4.69, 9.17) is 16.7 Å². The standard InChI is InChI=1S/C16H14ClFN2O4/c1-19(7-14(21)22)16(24)10-6-20(8-2-3-8)13-5-11(17)12(18)4-9(13)15(10)23/h4-6,8H,2-3,7H2,1H3,(H,21,22). The van der Waals surface area contributed by atoms with E-state index < -0.39 is 29.7 Å². The van der Waals surface area contributed by atoms with Gasteiger partial charge in [-0.1, -0.05) is 11.6 Å². The molecule has 3 rings (SSSR count). The number of nitrogens with zero attached hydrogens (tertiary/aromatic N) is 2. The Kier molecular flexibility index (Phi) is 4.04. The Hall–Kier alpha value is -2.41. The molecular formula is C16H14ClFN2O4. The first-order valence-electron chi connectivity index (χ1n) is 7.30. The number of halogens is 2. The molecule has 1 heterocycles. The van der Waals surface area contributed by atoms with Crippen molar-refractivity contribution >= 4 is 34.4 Å². The van der Waals surface area contributed by atoms with Gasteiger partial charge in [0, 0.05) is 24.7 Å². The Bertz CT molecular complexity index is 920. The van der Waals surface area contributed by atoms with E-state index in [0.29, 0.717) is 5.52 Å². The maximum Gasteiger partial charge on any atom is 0.323 e. The summed E-state index contributed by atoms with van der Waals surface area (Å²) in [7, 11) is 1.30. The van der Waals surface area contributed by atoms with E-state index in [1.54, 1.807) is 4.57 Å². The number of benzene rings is 1. The number of carboxylic acid groups (broad SMARTS) is 1. The van der Waals surface area contributed by atoms with E-state index in [-0.39, 0.29) is 22.0 Å². The highest BCUT2D eigenvalue weighted by Crippen LogP contribution is 2.37. The van der Waals surface area contributed by atoms with Crippen LogP contribution in [0.15, 0.2) is 23.1 Å². The van der Waals surface area contributed by atoms with Crippen LogP contribution in [0.1, 0.15) is 29.2 Å². The third-order valence-electron chi connectivity index (χ3n) is 3.96. The fourth-order valence-corrected chi connectivity index (χ4v) is 2.79.